The van der Waals surface area contributed by atoms with Crippen molar-refractivity contribution < 1.29 is 4.79 Å². The number of nitrogens with zero attached hydrogens (tertiary/aromatic N) is 4. The van der Waals surface area contributed by atoms with Crippen LogP contribution in [0.2, 0.25) is 0 Å². The maximum absolute atomic E-state index is 12.2. The highest BCUT2D eigenvalue weighted by molar-refractivity contribution is 9.10. The summed E-state index contributed by atoms with van der Waals surface area (Å²) in [6, 6.07) is 15.8. The molecule has 1 amide bonds. The van der Waals surface area contributed by atoms with Crippen molar-refractivity contribution in [3.05, 3.63) is 53.0 Å². The molecule has 0 saturated carbocycles. The molecule has 3 aromatic rings. The van der Waals surface area contributed by atoms with E-state index in [4.69, 9.17) is 0 Å². The zero-order valence-corrected chi connectivity index (χ0v) is 19.1. The molecule has 152 valence electrons. The van der Waals surface area contributed by atoms with Crippen molar-refractivity contribution in [1.29, 1.82) is 0 Å². The van der Waals surface area contributed by atoms with E-state index < -0.39 is 0 Å². The summed E-state index contributed by atoms with van der Waals surface area (Å²) in [5.41, 5.74) is 2.97. The number of aromatic nitrogens is 3. The molecule has 0 spiro atoms. The fraction of sp³-hybridized carbons (Fsp3) is 0.286. The van der Waals surface area contributed by atoms with Gasteiger partial charge in [-0.1, -0.05) is 27.7 Å². The normalized spacial score (nSPS) is 10.8. The third kappa shape index (κ3) is 5.39. The van der Waals surface area contributed by atoms with E-state index in [0.717, 1.165) is 34.6 Å². The van der Waals surface area contributed by atoms with Crippen molar-refractivity contribution in [2.75, 3.05) is 29.1 Å². The molecule has 1 aromatic heterocycles. The van der Waals surface area contributed by atoms with Crippen LogP contribution in [-0.4, -0.2) is 39.5 Å². The minimum atomic E-state index is -0.0783. The van der Waals surface area contributed by atoms with Crippen LogP contribution in [0, 0.1) is 0 Å². The van der Waals surface area contributed by atoms with E-state index in [1.807, 2.05) is 35.9 Å². The number of carbonyl (C=O) groups excluding carboxylic acids is 1. The van der Waals surface area contributed by atoms with Crippen LogP contribution in [0.4, 0.5) is 11.4 Å². The third-order valence-electron chi connectivity index (χ3n) is 4.55. The van der Waals surface area contributed by atoms with E-state index in [1.54, 1.807) is 0 Å². The Hall–Kier alpha value is -2.32. The van der Waals surface area contributed by atoms with Crippen molar-refractivity contribution >= 4 is 45.0 Å². The molecule has 0 radical (unpaired) electrons. The van der Waals surface area contributed by atoms with Crippen LogP contribution < -0.4 is 10.2 Å². The highest BCUT2D eigenvalue weighted by atomic mass is 79.9. The van der Waals surface area contributed by atoms with Crippen molar-refractivity contribution in [1.82, 2.24) is 14.8 Å². The zero-order chi connectivity index (χ0) is 20.8. The minimum absolute atomic E-state index is 0.0783. The third-order valence-corrected chi connectivity index (χ3v) is 6.10. The Morgan fingerprint density at radius 2 is 1.72 bits per heavy atom. The first-order valence-electron chi connectivity index (χ1n) is 9.44. The van der Waals surface area contributed by atoms with Crippen LogP contribution in [0.5, 0.6) is 0 Å². The summed E-state index contributed by atoms with van der Waals surface area (Å²) in [6.45, 7) is 6.25. The van der Waals surface area contributed by atoms with Gasteiger partial charge in [0.2, 0.25) is 5.91 Å². The summed E-state index contributed by atoms with van der Waals surface area (Å²) in [5.74, 6) is 0.973. The topological polar surface area (TPSA) is 63.1 Å². The number of carbonyl (C=O) groups is 1. The summed E-state index contributed by atoms with van der Waals surface area (Å²) < 4.78 is 2.89. The van der Waals surface area contributed by atoms with Crippen LogP contribution in [-0.2, 0) is 11.8 Å². The number of anilines is 2. The van der Waals surface area contributed by atoms with Gasteiger partial charge in [-0.2, -0.15) is 0 Å². The second-order valence-corrected chi connectivity index (χ2v) is 8.29. The summed E-state index contributed by atoms with van der Waals surface area (Å²) in [4.78, 5) is 14.5. The molecule has 0 aliphatic carbocycles. The molecular formula is C21H24BrN5OS. The Morgan fingerprint density at radius 3 is 2.34 bits per heavy atom. The van der Waals surface area contributed by atoms with E-state index in [1.165, 1.54) is 17.4 Å². The number of rotatable bonds is 8. The van der Waals surface area contributed by atoms with Gasteiger partial charge in [0, 0.05) is 41.5 Å². The summed E-state index contributed by atoms with van der Waals surface area (Å²) in [5, 5.41) is 12.2. The average Bonchev–Trinajstić information content (AvgIpc) is 3.10. The quantitative estimate of drug-likeness (QED) is 0.475. The number of thioether (sulfide) groups is 1. The SMILES string of the molecule is CCN(CC)c1ccc(-c2nnc(SCC(=O)Nc3ccc(Br)cc3)n2C)cc1. The Labute approximate surface area is 183 Å². The lowest BCUT2D eigenvalue weighted by Gasteiger charge is -2.21. The molecule has 0 saturated heterocycles. The van der Waals surface area contributed by atoms with Crippen molar-refractivity contribution in [3.63, 3.8) is 0 Å². The molecule has 8 heteroatoms. The molecule has 0 bridgehead atoms. The predicted molar refractivity (Wildman–Crippen MR) is 123 cm³/mol. The predicted octanol–water partition coefficient (Wildman–Crippen LogP) is 4.82. The lowest BCUT2D eigenvalue weighted by atomic mass is 10.2. The van der Waals surface area contributed by atoms with Crippen molar-refractivity contribution in [2.24, 2.45) is 7.05 Å². The van der Waals surface area contributed by atoms with Crippen LogP contribution in [0.1, 0.15) is 13.8 Å². The first kappa shape index (κ1) is 21.4. The van der Waals surface area contributed by atoms with Crippen LogP contribution >= 0.6 is 27.7 Å². The highest BCUT2D eigenvalue weighted by Gasteiger charge is 2.13. The number of amides is 1. The smallest absolute Gasteiger partial charge is 0.234 e. The van der Waals surface area contributed by atoms with Gasteiger partial charge >= 0.3 is 0 Å². The molecule has 0 fully saturated rings. The lowest BCUT2D eigenvalue weighted by molar-refractivity contribution is -0.113. The Kier molecular flexibility index (Phi) is 7.33. The van der Waals surface area contributed by atoms with Crippen LogP contribution in [0.3, 0.4) is 0 Å². The maximum atomic E-state index is 12.2. The molecule has 0 atom stereocenters. The number of hydrogen-bond acceptors (Lipinski definition) is 5. The van der Waals surface area contributed by atoms with E-state index in [9.17, 15) is 4.79 Å². The van der Waals surface area contributed by atoms with Gasteiger partial charge < -0.3 is 14.8 Å². The van der Waals surface area contributed by atoms with Gasteiger partial charge in [0.25, 0.3) is 0 Å². The largest absolute Gasteiger partial charge is 0.372 e. The zero-order valence-electron chi connectivity index (χ0n) is 16.7. The fourth-order valence-electron chi connectivity index (χ4n) is 2.96. The standard InChI is InChI=1S/C21H24BrN5OS/c1-4-27(5-2)18-12-6-15(7-13-18)20-24-25-21(26(20)3)29-14-19(28)23-17-10-8-16(22)9-11-17/h6-13H,4-5,14H2,1-3H3,(H,23,28). The molecule has 0 aliphatic heterocycles. The molecule has 29 heavy (non-hydrogen) atoms. The van der Waals surface area contributed by atoms with Crippen LogP contribution in [0.25, 0.3) is 11.4 Å². The van der Waals surface area contributed by atoms with Gasteiger partial charge in [-0.15, -0.1) is 10.2 Å². The minimum Gasteiger partial charge on any atom is -0.372 e. The fourth-order valence-corrected chi connectivity index (χ4v) is 3.94. The summed E-state index contributed by atoms with van der Waals surface area (Å²) in [6.07, 6.45) is 0. The second-order valence-electron chi connectivity index (χ2n) is 6.43. The van der Waals surface area contributed by atoms with Gasteiger partial charge in [-0.25, -0.2) is 0 Å². The highest BCUT2D eigenvalue weighted by Crippen LogP contribution is 2.25. The molecular weight excluding hydrogens is 450 g/mol. The average molecular weight is 474 g/mol. The van der Waals surface area contributed by atoms with Gasteiger partial charge in [-0.05, 0) is 62.4 Å². The number of hydrogen-bond donors (Lipinski definition) is 1. The van der Waals surface area contributed by atoms with E-state index in [2.05, 4.69) is 74.5 Å². The molecule has 0 aliphatic rings. The van der Waals surface area contributed by atoms with Gasteiger partial charge in [0.15, 0.2) is 11.0 Å². The van der Waals surface area contributed by atoms with E-state index >= 15 is 0 Å². The molecule has 0 unspecified atom stereocenters. The lowest BCUT2D eigenvalue weighted by Crippen LogP contribution is -2.21. The Balaban J connectivity index is 1.63. The monoisotopic (exact) mass is 473 g/mol. The Morgan fingerprint density at radius 1 is 1.07 bits per heavy atom. The van der Waals surface area contributed by atoms with Crippen molar-refractivity contribution in [3.8, 4) is 11.4 Å². The van der Waals surface area contributed by atoms with Gasteiger partial charge in [0.05, 0.1) is 5.75 Å². The molecule has 1 heterocycles. The number of benzene rings is 2. The van der Waals surface area contributed by atoms with Crippen molar-refractivity contribution in [2.45, 2.75) is 19.0 Å². The maximum Gasteiger partial charge on any atom is 0.234 e. The van der Waals surface area contributed by atoms with Gasteiger partial charge in [0.1, 0.15) is 0 Å². The summed E-state index contributed by atoms with van der Waals surface area (Å²) in [7, 11) is 1.92. The van der Waals surface area contributed by atoms with Gasteiger partial charge in [-0.3, -0.25) is 4.79 Å². The molecule has 2 aromatic carbocycles. The van der Waals surface area contributed by atoms with E-state index in [0.29, 0.717) is 5.16 Å². The first-order valence-corrected chi connectivity index (χ1v) is 11.2. The van der Waals surface area contributed by atoms with Crippen LogP contribution in [0.15, 0.2) is 58.2 Å². The Bertz CT molecular complexity index is 952. The number of nitrogens with one attached hydrogen (secondary N) is 1. The molecule has 3 rings (SSSR count). The first-order chi connectivity index (χ1) is 14.0. The molecule has 1 N–H and O–H groups in total. The summed E-state index contributed by atoms with van der Waals surface area (Å²) >= 11 is 4.75. The van der Waals surface area contributed by atoms with E-state index in [-0.39, 0.29) is 11.7 Å². The molecule has 6 nitrogen and oxygen atoms in total. The number of halogens is 1. The second kappa shape index (κ2) is 9.93.